The van der Waals surface area contributed by atoms with Gasteiger partial charge in [-0.1, -0.05) is 23.5 Å². The standard InChI is InChI=1S/C28H28BrN3O7S/c1-6-37-19-10-8-18(9-11-19)24-23(27(34)38-7-2)16(5)30-28-31(24)26(33)22(40-28)14-17-12-20(29)25(39-15(3)4)21(13-17)32(35)36/h8-15,24H,6-7H2,1-5H3/b22-14-/t24-/m0/s1. The van der Waals surface area contributed by atoms with E-state index in [1.54, 1.807) is 64.1 Å². The molecule has 0 spiro atoms. The second kappa shape index (κ2) is 12.2. The van der Waals surface area contributed by atoms with Gasteiger partial charge in [-0.2, -0.15) is 0 Å². The van der Waals surface area contributed by atoms with Gasteiger partial charge in [0.15, 0.2) is 4.80 Å². The van der Waals surface area contributed by atoms with Crippen molar-refractivity contribution < 1.29 is 23.9 Å². The average molecular weight is 631 g/mol. The van der Waals surface area contributed by atoms with Crippen LogP contribution < -0.4 is 24.4 Å². The summed E-state index contributed by atoms with van der Waals surface area (Å²) in [5.41, 5.74) is 1.20. The van der Waals surface area contributed by atoms with E-state index in [1.807, 2.05) is 6.92 Å². The molecule has 0 N–H and O–H groups in total. The van der Waals surface area contributed by atoms with Crippen molar-refractivity contribution in [3.05, 3.63) is 93.1 Å². The minimum atomic E-state index is -0.781. The Hall–Kier alpha value is -3.77. The molecule has 3 aromatic rings. The summed E-state index contributed by atoms with van der Waals surface area (Å²) in [4.78, 5) is 43.1. The third-order valence-electron chi connectivity index (χ3n) is 5.92. The number of nitro groups is 1. The molecular weight excluding hydrogens is 602 g/mol. The molecule has 12 heteroatoms. The van der Waals surface area contributed by atoms with E-state index in [9.17, 15) is 19.7 Å². The van der Waals surface area contributed by atoms with Crippen molar-refractivity contribution in [2.24, 2.45) is 4.99 Å². The van der Waals surface area contributed by atoms with Gasteiger partial charge in [0.05, 0.1) is 50.6 Å². The molecule has 0 amide bonds. The Balaban J connectivity index is 1.91. The van der Waals surface area contributed by atoms with Crippen LogP contribution in [0.4, 0.5) is 5.69 Å². The van der Waals surface area contributed by atoms with Gasteiger partial charge >= 0.3 is 11.7 Å². The zero-order valence-electron chi connectivity index (χ0n) is 22.6. The maximum Gasteiger partial charge on any atom is 0.338 e. The van der Waals surface area contributed by atoms with Gasteiger partial charge in [0.1, 0.15) is 5.75 Å². The molecule has 210 valence electrons. The number of halogens is 1. The summed E-state index contributed by atoms with van der Waals surface area (Å²) in [6, 6.07) is 9.41. The lowest BCUT2D eigenvalue weighted by Crippen LogP contribution is -2.39. The summed E-state index contributed by atoms with van der Waals surface area (Å²) in [5.74, 6) is 0.218. The van der Waals surface area contributed by atoms with Crippen LogP contribution in [0.2, 0.25) is 0 Å². The van der Waals surface area contributed by atoms with Crippen LogP contribution in [0.15, 0.2) is 61.9 Å². The van der Waals surface area contributed by atoms with Crippen LogP contribution in [0.3, 0.4) is 0 Å². The van der Waals surface area contributed by atoms with Crippen LogP contribution in [0.5, 0.6) is 11.5 Å². The van der Waals surface area contributed by atoms with E-state index in [1.165, 1.54) is 10.6 Å². The second-order valence-electron chi connectivity index (χ2n) is 9.08. The fourth-order valence-electron chi connectivity index (χ4n) is 4.34. The van der Waals surface area contributed by atoms with Gasteiger partial charge in [-0.25, -0.2) is 9.79 Å². The molecule has 0 radical (unpaired) electrons. The lowest BCUT2D eigenvalue weighted by atomic mass is 9.96. The monoisotopic (exact) mass is 629 g/mol. The second-order valence-corrected chi connectivity index (χ2v) is 10.9. The van der Waals surface area contributed by atoms with Crippen molar-refractivity contribution in [1.29, 1.82) is 0 Å². The summed E-state index contributed by atoms with van der Waals surface area (Å²) in [6.45, 7) is 9.52. The topological polar surface area (TPSA) is 122 Å². The Labute approximate surface area is 242 Å². The van der Waals surface area contributed by atoms with Crippen molar-refractivity contribution in [2.75, 3.05) is 13.2 Å². The number of hydrogen-bond donors (Lipinski definition) is 0. The molecule has 10 nitrogen and oxygen atoms in total. The van der Waals surface area contributed by atoms with Gasteiger partial charge in [0, 0.05) is 6.07 Å². The van der Waals surface area contributed by atoms with Gasteiger partial charge in [0.2, 0.25) is 5.75 Å². The Morgan fingerprint density at radius 3 is 2.52 bits per heavy atom. The van der Waals surface area contributed by atoms with Crippen LogP contribution in [0.1, 0.15) is 51.8 Å². The molecule has 2 heterocycles. The van der Waals surface area contributed by atoms with Crippen LogP contribution >= 0.6 is 27.3 Å². The predicted octanol–water partition coefficient (Wildman–Crippen LogP) is 4.65. The molecule has 1 aromatic heterocycles. The minimum absolute atomic E-state index is 0.115. The first-order valence-electron chi connectivity index (χ1n) is 12.6. The molecule has 0 unspecified atom stereocenters. The number of ether oxygens (including phenoxy) is 3. The Morgan fingerprint density at radius 2 is 1.93 bits per heavy atom. The largest absolute Gasteiger partial charge is 0.494 e. The quantitative estimate of drug-likeness (QED) is 0.192. The number of hydrogen-bond acceptors (Lipinski definition) is 9. The number of aromatic nitrogens is 1. The summed E-state index contributed by atoms with van der Waals surface area (Å²) >= 11 is 4.50. The highest BCUT2D eigenvalue weighted by atomic mass is 79.9. The summed E-state index contributed by atoms with van der Waals surface area (Å²) in [6.07, 6.45) is 1.29. The average Bonchev–Trinajstić information content (AvgIpc) is 3.19. The molecule has 4 rings (SSSR count). The fraction of sp³-hybridized carbons (Fsp3) is 0.321. The van der Waals surface area contributed by atoms with Crippen LogP contribution in [0, 0.1) is 10.1 Å². The Morgan fingerprint density at radius 1 is 1.23 bits per heavy atom. The molecule has 2 aromatic carbocycles. The van der Waals surface area contributed by atoms with Gasteiger partial charge in [-0.15, -0.1) is 0 Å². The maximum atomic E-state index is 13.8. The molecule has 1 aliphatic rings. The molecule has 0 saturated carbocycles. The number of nitro benzene ring substituents is 1. The van der Waals surface area contributed by atoms with Crippen molar-refractivity contribution >= 4 is 45.0 Å². The highest BCUT2D eigenvalue weighted by molar-refractivity contribution is 9.10. The first-order chi connectivity index (χ1) is 19.0. The zero-order valence-corrected chi connectivity index (χ0v) is 25.0. The molecule has 1 atom stereocenters. The van der Waals surface area contributed by atoms with E-state index < -0.39 is 22.5 Å². The minimum Gasteiger partial charge on any atom is -0.494 e. The number of carbonyl (C=O) groups is 1. The molecule has 0 saturated heterocycles. The fourth-order valence-corrected chi connectivity index (χ4v) is 5.95. The summed E-state index contributed by atoms with van der Waals surface area (Å²) < 4.78 is 18.7. The Bertz CT molecular complexity index is 1670. The number of rotatable bonds is 9. The van der Waals surface area contributed by atoms with E-state index in [2.05, 4.69) is 20.9 Å². The predicted molar refractivity (Wildman–Crippen MR) is 155 cm³/mol. The first-order valence-corrected chi connectivity index (χ1v) is 14.2. The zero-order chi connectivity index (χ0) is 29.1. The number of fused-ring (bicyclic) bond motifs is 1. The van der Waals surface area contributed by atoms with E-state index in [-0.39, 0.29) is 29.7 Å². The molecule has 40 heavy (non-hydrogen) atoms. The third-order valence-corrected chi connectivity index (χ3v) is 7.49. The smallest absolute Gasteiger partial charge is 0.338 e. The number of carbonyl (C=O) groups excluding carboxylic acids is 1. The van der Waals surface area contributed by atoms with Crippen LogP contribution in [0.25, 0.3) is 6.08 Å². The van der Waals surface area contributed by atoms with E-state index >= 15 is 0 Å². The van der Waals surface area contributed by atoms with Gasteiger partial charge < -0.3 is 14.2 Å². The van der Waals surface area contributed by atoms with E-state index in [0.29, 0.717) is 43.0 Å². The maximum absolute atomic E-state index is 13.8. The summed E-state index contributed by atoms with van der Waals surface area (Å²) in [5, 5.41) is 11.8. The van der Waals surface area contributed by atoms with Crippen LogP contribution in [-0.4, -0.2) is 34.8 Å². The van der Waals surface area contributed by atoms with Crippen LogP contribution in [-0.2, 0) is 9.53 Å². The number of benzene rings is 2. The van der Waals surface area contributed by atoms with Gasteiger partial charge in [-0.3, -0.25) is 19.5 Å². The van der Waals surface area contributed by atoms with Crippen molar-refractivity contribution in [2.45, 2.75) is 46.8 Å². The Kier molecular flexibility index (Phi) is 8.89. The first kappa shape index (κ1) is 29.2. The molecule has 0 fully saturated rings. The molecular formula is C28H28BrN3O7S. The van der Waals surface area contributed by atoms with Crippen molar-refractivity contribution in [1.82, 2.24) is 4.57 Å². The molecule has 0 bridgehead atoms. The van der Waals surface area contributed by atoms with Gasteiger partial charge in [-0.05, 0) is 86.0 Å². The van der Waals surface area contributed by atoms with E-state index in [0.717, 1.165) is 11.3 Å². The molecule has 1 aliphatic heterocycles. The SMILES string of the molecule is CCOC(=O)C1=C(C)N=c2s/c(=C\c3cc(Br)c(OC(C)C)c([N+](=O)[O-])c3)c(=O)n2[C@H]1c1ccc(OCC)cc1. The highest BCUT2D eigenvalue weighted by Crippen LogP contribution is 2.37. The van der Waals surface area contributed by atoms with Crippen molar-refractivity contribution in [3.8, 4) is 11.5 Å². The van der Waals surface area contributed by atoms with E-state index in [4.69, 9.17) is 14.2 Å². The lowest BCUT2D eigenvalue weighted by Gasteiger charge is -2.24. The van der Waals surface area contributed by atoms with Gasteiger partial charge in [0.25, 0.3) is 5.56 Å². The summed E-state index contributed by atoms with van der Waals surface area (Å²) in [7, 11) is 0. The number of allylic oxidation sites excluding steroid dienone is 1. The lowest BCUT2D eigenvalue weighted by molar-refractivity contribution is -0.386. The number of nitrogens with zero attached hydrogens (tertiary/aromatic N) is 3. The highest BCUT2D eigenvalue weighted by Gasteiger charge is 2.33. The normalized spacial score (nSPS) is 15.1. The number of esters is 1. The third kappa shape index (κ3) is 5.87. The van der Waals surface area contributed by atoms with Crippen molar-refractivity contribution in [3.63, 3.8) is 0 Å². The molecule has 0 aliphatic carbocycles. The number of thiazole rings is 1.